The average Bonchev–Trinajstić information content (AvgIpc) is 2.81. The number of carboxylic acids is 1. The summed E-state index contributed by atoms with van der Waals surface area (Å²) in [6, 6.07) is 17.3. The lowest BCUT2D eigenvalue weighted by Crippen LogP contribution is -2.34. The largest absolute Gasteiger partial charge is 0.478 e. The Balaban J connectivity index is 1.21. The van der Waals surface area contributed by atoms with E-state index >= 15 is 0 Å². The van der Waals surface area contributed by atoms with E-state index in [-0.39, 0.29) is 11.6 Å². The van der Waals surface area contributed by atoms with Gasteiger partial charge in [0.05, 0.1) is 17.4 Å². The van der Waals surface area contributed by atoms with Crippen molar-refractivity contribution in [3.63, 3.8) is 0 Å². The number of aromatic nitrogens is 1. The fourth-order valence-electron chi connectivity index (χ4n) is 4.73. The van der Waals surface area contributed by atoms with E-state index in [9.17, 15) is 9.90 Å². The Hall–Kier alpha value is -3.38. The number of nitrogens with zero attached hydrogens (tertiary/aromatic N) is 1. The van der Waals surface area contributed by atoms with Crippen molar-refractivity contribution in [3.8, 4) is 0 Å². The quantitative estimate of drug-likeness (QED) is 0.395. The molecule has 2 aliphatic rings. The molecule has 1 aromatic heterocycles. The van der Waals surface area contributed by atoms with Gasteiger partial charge in [-0.15, -0.1) is 0 Å². The highest BCUT2D eigenvalue weighted by Crippen LogP contribution is 2.36. The normalized spacial score (nSPS) is 17.6. The van der Waals surface area contributed by atoms with Gasteiger partial charge in [0.1, 0.15) is 0 Å². The number of carbonyl (C=O) groups is 1. The smallest absolute Gasteiger partial charge is 0.337 e. The van der Waals surface area contributed by atoms with Crippen LogP contribution in [0.3, 0.4) is 0 Å². The number of fused-ring (bicyclic) bond motifs is 1. The van der Waals surface area contributed by atoms with Crippen LogP contribution >= 0.6 is 0 Å². The van der Waals surface area contributed by atoms with Crippen molar-refractivity contribution in [2.75, 3.05) is 23.7 Å². The van der Waals surface area contributed by atoms with Crippen LogP contribution in [0.5, 0.6) is 0 Å². The molecule has 1 aliphatic carbocycles. The van der Waals surface area contributed by atoms with E-state index in [0.717, 1.165) is 31.1 Å². The van der Waals surface area contributed by atoms with Crippen molar-refractivity contribution >= 4 is 17.3 Å². The van der Waals surface area contributed by atoms with Gasteiger partial charge in [0, 0.05) is 31.0 Å². The molecular weight excluding hydrogens is 412 g/mol. The zero-order chi connectivity index (χ0) is 22.6. The summed E-state index contributed by atoms with van der Waals surface area (Å²) in [5.74, 6) is -0.178. The molecule has 1 aliphatic heterocycles. The number of benzene rings is 2. The zero-order valence-electron chi connectivity index (χ0n) is 18.7. The van der Waals surface area contributed by atoms with Gasteiger partial charge in [-0.05, 0) is 72.2 Å². The zero-order valence-corrected chi connectivity index (χ0v) is 18.7. The number of hydrogen-bond acceptors (Lipinski definition) is 5. The molecule has 0 amide bonds. The molecule has 170 valence electrons. The lowest BCUT2D eigenvalue weighted by Gasteiger charge is -2.28. The van der Waals surface area contributed by atoms with Crippen LogP contribution in [0.25, 0.3) is 0 Å². The number of aromatic carboxylic acids is 1. The Morgan fingerprint density at radius 1 is 1.09 bits per heavy atom. The molecule has 0 unspecified atom stereocenters. The van der Waals surface area contributed by atoms with Crippen molar-refractivity contribution in [1.82, 2.24) is 10.3 Å². The van der Waals surface area contributed by atoms with Crippen LogP contribution < -0.4 is 16.0 Å². The molecule has 0 spiro atoms. The van der Waals surface area contributed by atoms with Crippen molar-refractivity contribution in [2.45, 2.75) is 44.2 Å². The maximum atomic E-state index is 11.4. The van der Waals surface area contributed by atoms with Crippen LogP contribution in [0.15, 0.2) is 60.9 Å². The summed E-state index contributed by atoms with van der Waals surface area (Å²) in [7, 11) is 0. The van der Waals surface area contributed by atoms with Crippen molar-refractivity contribution in [3.05, 3.63) is 88.7 Å². The second-order valence-electron chi connectivity index (χ2n) is 9.00. The standard InChI is InChI=1S/C27H30N4O2/c32-27(33)24-11-12-28-16-25(24)31-17-26-23-9-8-22(14-21(23)10-13-29-26)30-15-18-4-6-20(7-5-18)19-2-1-3-19/h4-9,11-12,14,16,19,26,29-31H,1-3,10,13,15,17H2,(H,32,33)/t26-/m0/s1. The highest BCUT2D eigenvalue weighted by molar-refractivity contribution is 5.93. The first kappa shape index (κ1) is 21.5. The van der Waals surface area contributed by atoms with Gasteiger partial charge in [0.25, 0.3) is 0 Å². The molecule has 1 fully saturated rings. The average molecular weight is 443 g/mol. The van der Waals surface area contributed by atoms with Crippen LogP contribution in [-0.4, -0.2) is 29.1 Å². The minimum Gasteiger partial charge on any atom is -0.478 e. The lowest BCUT2D eigenvalue weighted by atomic mass is 9.80. The predicted molar refractivity (Wildman–Crippen MR) is 131 cm³/mol. The Labute approximate surface area is 194 Å². The van der Waals surface area contributed by atoms with E-state index in [1.807, 2.05) is 0 Å². The highest BCUT2D eigenvalue weighted by atomic mass is 16.4. The summed E-state index contributed by atoms with van der Waals surface area (Å²) < 4.78 is 0. The maximum Gasteiger partial charge on any atom is 0.337 e. The monoisotopic (exact) mass is 442 g/mol. The molecule has 3 aromatic rings. The third-order valence-electron chi connectivity index (χ3n) is 6.90. The van der Waals surface area contributed by atoms with E-state index < -0.39 is 5.97 Å². The van der Waals surface area contributed by atoms with Gasteiger partial charge in [-0.25, -0.2) is 4.79 Å². The topological polar surface area (TPSA) is 86.3 Å². The van der Waals surface area contributed by atoms with Gasteiger partial charge >= 0.3 is 5.97 Å². The van der Waals surface area contributed by atoms with Crippen LogP contribution in [-0.2, 0) is 13.0 Å². The predicted octanol–water partition coefficient (Wildman–Crippen LogP) is 4.96. The van der Waals surface area contributed by atoms with E-state index in [2.05, 4.69) is 63.4 Å². The molecule has 5 rings (SSSR count). The SMILES string of the molecule is O=C(O)c1ccncc1NC[C@@H]1NCCc2cc(NCc3ccc(C4CCC4)cc3)ccc21. The Morgan fingerprint density at radius 2 is 1.94 bits per heavy atom. The van der Waals surface area contributed by atoms with Gasteiger partial charge in [0.2, 0.25) is 0 Å². The second-order valence-corrected chi connectivity index (χ2v) is 9.00. The van der Waals surface area contributed by atoms with Gasteiger partial charge in [-0.1, -0.05) is 36.8 Å². The van der Waals surface area contributed by atoms with Crippen LogP contribution in [0.1, 0.15) is 63.8 Å². The summed E-state index contributed by atoms with van der Waals surface area (Å²) >= 11 is 0. The Bertz CT molecular complexity index is 1130. The number of nitrogens with one attached hydrogen (secondary N) is 3. The summed E-state index contributed by atoms with van der Waals surface area (Å²) in [6.45, 7) is 2.30. The van der Waals surface area contributed by atoms with Gasteiger partial charge in [0.15, 0.2) is 0 Å². The minimum atomic E-state index is -0.953. The second kappa shape index (κ2) is 9.63. The fraction of sp³-hybridized carbons (Fsp3) is 0.333. The lowest BCUT2D eigenvalue weighted by molar-refractivity contribution is 0.0697. The van der Waals surface area contributed by atoms with Gasteiger partial charge in [-0.2, -0.15) is 0 Å². The van der Waals surface area contributed by atoms with E-state index in [4.69, 9.17) is 0 Å². The van der Waals surface area contributed by atoms with E-state index in [0.29, 0.717) is 12.2 Å². The number of pyridine rings is 1. The van der Waals surface area contributed by atoms with Crippen LogP contribution in [0, 0.1) is 0 Å². The molecule has 1 atom stereocenters. The van der Waals surface area contributed by atoms with Crippen molar-refractivity contribution in [2.24, 2.45) is 0 Å². The Morgan fingerprint density at radius 3 is 2.70 bits per heavy atom. The summed E-state index contributed by atoms with van der Waals surface area (Å²) in [6.07, 6.45) is 8.08. The van der Waals surface area contributed by atoms with Crippen molar-refractivity contribution < 1.29 is 9.90 Å². The van der Waals surface area contributed by atoms with Crippen LogP contribution in [0.4, 0.5) is 11.4 Å². The summed E-state index contributed by atoms with van der Waals surface area (Å²) in [5.41, 5.74) is 7.27. The van der Waals surface area contributed by atoms with Gasteiger partial charge in [-0.3, -0.25) is 4.98 Å². The number of anilines is 2. The molecule has 0 saturated heterocycles. The first-order chi connectivity index (χ1) is 16.2. The minimum absolute atomic E-state index is 0.115. The molecule has 1 saturated carbocycles. The third kappa shape index (κ3) is 4.86. The van der Waals surface area contributed by atoms with E-state index in [1.165, 1.54) is 53.8 Å². The first-order valence-corrected chi connectivity index (χ1v) is 11.8. The molecule has 6 nitrogen and oxygen atoms in total. The number of hydrogen-bond donors (Lipinski definition) is 4. The molecule has 33 heavy (non-hydrogen) atoms. The maximum absolute atomic E-state index is 11.4. The highest BCUT2D eigenvalue weighted by Gasteiger charge is 2.21. The Kier molecular flexibility index (Phi) is 6.26. The van der Waals surface area contributed by atoms with Crippen molar-refractivity contribution in [1.29, 1.82) is 0 Å². The third-order valence-corrected chi connectivity index (χ3v) is 6.90. The molecular formula is C27H30N4O2. The molecule has 2 heterocycles. The summed E-state index contributed by atoms with van der Waals surface area (Å²) in [4.78, 5) is 15.5. The first-order valence-electron chi connectivity index (χ1n) is 11.8. The molecule has 0 radical (unpaired) electrons. The van der Waals surface area contributed by atoms with Gasteiger partial charge < -0.3 is 21.1 Å². The molecule has 6 heteroatoms. The fourth-order valence-corrected chi connectivity index (χ4v) is 4.73. The van der Waals surface area contributed by atoms with Crippen LogP contribution in [0.2, 0.25) is 0 Å². The molecule has 0 bridgehead atoms. The molecule has 2 aromatic carbocycles. The molecule has 4 N–H and O–H groups in total. The van der Waals surface area contributed by atoms with E-state index in [1.54, 1.807) is 6.20 Å². The number of carboxylic acid groups (broad SMARTS) is 1. The number of rotatable bonds is 8. The summed E-state index contributed by atoms with van der Waals surface area (Å²) in [5, 5.41) is 19.8.